The first-order chi connectivity index (χ1) is 10.4. The molecule has 3 rings (SSSR count). The zero-order chi connectivity index (χ0) is 15.8. The van der Waals surface area contributed by atoms with Crippen LogP contribution in [0.25, 0.3) is 0 Å². The average Bonchev–Trinajstić information content (AvgIpc) is 2.52. The van der Waals surface area contributed by atoms with Gasteiger partial charge >= 0.3 is 0 Å². The lowest BCUT2D eigenvalue weighted by Gasteiger charge is -2.49. The predicted molar refractivity (Wildman–Crippen MR) is 82.8 cm³/mol. The number of aromatic nitrogens is 2. The maximum atomic E-state index is 10.3. The van der Waals surface area contributed by atoms with Gasteiger partial charge in [-0.1, -0.05) is 6.92 Å². The number of anilines is 1. The minimum Gasteiger partial charge on any atom is -0.388 e. The number of hydrogen-bond acceptors (Lipinski definition) is 6. The molecule has 6 nitrogen and oxygen atoms in total. The minimum atomic E-state index is -1.07. The Bertz CT molecular complexity index is 510. The number of aryl methyl sites for hydroxylation is 1. The summed E-state index contributed by atoms with van der Waals surface area (Å²) in [5, 5.41) is 20.2. The Labute approximate surface area is 131 Å². The Morgan fingerprint density at radius 1 is 1.32 bits per heavy atom. The summed E-state index contributed by atoms with van der Waals surface area (Å²) in [4.78, 5) is 11.0. The van der Waals surface area contributed by atoms with Crippen LogP contribution in [0.2, 0.25) is 0 Å². The van der Waals surface area contributed by atoms with Crippen LogP contribution in [0.5, 0.6) is 0 Å². The number of piperidine rings is 1. The largest absolute Gasteiger partial charge is 0.388 e. The summed E-state index contributed by atoms with van der Waals surface area (Å²) < 4.78 is 5.90. The number of ether oxygens (including phenoxy) is 1. The second kappa shape index (κ2) is 5.76. The lowest BCUT2D eigenvalue weighted by atomic mass is 9.77. The predicted octanol–water partition coefficient (Wildman–Crippen LogP) is 0.910. The van der Waals surface area contributed by atoms with Gasteiger partial charge in [0.05, 0.1) is 17.8 Å². The van der Waals surface area contributed by atoms with E-state index in [4.69, 9.17) is 4.74 Å². The number of hydrogen-bond donors (Lipinski definition) is 2. The SMILES string of the molecule is CCc1cnc(N2CCC3(CC2)C[C@](C)(O)[C@@H](O)CO3)nc1. The van der Waals surface area contributed by atoms with Crippen LogP contribution in [-0.2, 0) is 11.2 Å². The molecular weight excluding hydrogens is 282 g/mol. The molecule has 2 saturated heterocycles. The number of nitrogens with zero attached hydrogens (tertiary/aromatic N) is 3. The molecule has 1 aromatic rings. The molecule has 0 aliphatic carbocycles. The summed E-state index contributed by atoms with van der Waals surface area (Å²) >= 11 is 0. The zero-order valence-corrected chi connectivity index (χ0v) is 13.3. The molecule has 2 aliphatic rings. The van der Waals surface area contributed by atoms with E-state index in [1.165, 1.54) is 0 Å². The molecule has 0 aromatic carbocycles. The first-order valence-electron chi connectivity index (χ1n) is 8.04. The highest BCUT2D eigenvalue weighted by atomic mass is 16.5. The van der Waals surface area contributed by atoms with Gasteiger partial charge in [0.1, 0.15) is 6.10 Å². The summed E-state index contributed by atoms with van der Waals surface area (Å²) in [5.41, 5.74) is -0.264. The van der Waals surface area contributed by atoms with Crippen molar-refractivity contribution in [3.8, 4) is 0 Å². The first-order valence-corrected chi connectivity index (χ1v) is 8.04. The molecule has 0 bridgehead atoms. The highest BCUT2D eigenvalue weighted by Crippen LogP contribution is 2.39. The molecule has 6 heteroatoms. The van der Waals surface area contributed by atoms with E-state index in [1.807, 2.05) is 12.4 Å². The standard InChI is InChI=1S/C16H25N3O3/c1-3-12-8-17-14(18-9-12)19-6-4-16(5-7-19)11-15(2,21)13(20)10-22-16/h8-9,13,20-21H,3-7,10-11H2,1-2H3/t13-,15-/m0/s1. The van der Waals surface area contributed by atoms with E-state index in [0.29, 0.717) is 6.42 Å². The number of aliphatic hydroxyl groups excluding tert-OH is 1. The Balaban J connectivity index is 1.64. The van der Waals surface area contributed by atoms with Crippen LogP contribution in [0.4, 0.5) is 5.95 Å². The molecule has 3 heterocycles. The summed E-state index contributed by atoms with van der Waals surface area (Å²) in [5.74, 6) is 0.759. The van der Waals surface area contributed by atoms with Crippen molar-refractivity contribution in [2.45, 2.75) is 56.8 Å². The van der Waals surface area contributed by atoms with Crippen molar-refractivity contribution in [1.82, 2.24) is 9.97 Å². The van der Waals surface area contributed by atoms with Crippen LogP contribution in [-0.4, -0.2) is 57.2 Å². The summed E-state index contributed by atoms with van der Waals surface area (Å²) in [7, 11) is 0. The van der Waals surface area contributed by atoms with Crippen LogP contribution in [0.3, 0.4) is 0 Å². The monoisotopic (exact) mass is 307 g/mol. The fraction of sp³-hybridized carbons (Fsp3) is 0.750. The van der Waals surface area contributed by atoms with Gasteiger partial charge in [-0.2, -0.15) is 0 Å². The topological polar surface area (TPSA) is 78.7 Å². The van der Waals surface area contributed by atoms with Crippen LogP contribution in [0.1, 0.15) is 38.7 Å². The van der Waals surface area contributed by atoms with Gasteiger partial charge in [0.2, 0.25) is 5.95 Å². The van der Waals surface area contributed by atoms with E-state index < -0.39 is 11.7 Å². The Morgan fingerprint density at radius 2 is 1.95 bits per heavy atom. The number of aliphatic hydroxyl groups is 2. The number of rotatable bonds is 2. The molecular formula is C16H25N3O3. The minimum absolute atomic E-state index is 0.203. The van der Waals surface area contributed by atoms with Gasteiger partial charge in [0.25, 0.3) is 0 Å². The Hall–Kier alpha value is -1.24. The summed E-state index contributed by atoms with van der Waals surface area (Å²) in [6.45, 7) is 5.59. The third kappa shape index (κ3) is 2.95. The second-order valence-corrected chi connectivity index (χ2v) is 6.78. The van der Waals surface area contributed by atoms with Gasteiger partial charge in [-0.25, -0.2) is 9.97 Å². The van der Waals surface area contributed by atoms with Crippen molar-refractivity contribution >= 4 is 5.95 Å². The normalized spacial score (nSPS) is 31.5. The molecule has 1 spiro atoms. The molecule has 0 radical (unpaired) electrons. The quantitative estimate of drug-likeness (QED) is 0.845. The van der Waals surface area contributed by atoms with E-state index in [1.54, 1.807) is 6.92 Å². The van der Waals surface area contributed by atoms with Crippen molar-refractivity contribution in [3.63, 3.8) is 0 Å². The van der Waals surface area contributed by atoms with E-state index in [-0.39, 0.29) is 12.2 Å². The molecule has 122 valence electrons. The van der Waals surface area contributed by atoms with E-state index >= 15 is 0 Å². The second-order valence-electron chi connectivity index (χ2n) is 6.78. The molecule has 0 saturated carbocycles. The maximum Gasteiger partial charge on any atom is 0.225 e. The first kappa shape index (κ1) is 15.6. The summed E-state index contributed by atoms with van der Waals surface area (Å²) in [6, 6.07) is 0. The van der Waals surface area contributed by atoms with Gasteiger partial charge in [-0.15, -0.1) is 0 Å². The zero-order valence-electron chi connectivity index (χ0n) is 13.3. The van der Waals surface area contributed by atoms with E-state index in [0.717, 1.165) is 43.9 Å². The van der Waals surface area contributed by atoms with Crippen LogP contribution >= 0.6 is 0 Å². The van der Waals surface area contributed by atoms with E-state index in [2.05, 4.69) is 21.8 Å². The Kier molecular flexibility index (Phi) is 4.09. The molecule has 0 unspecified atom stereocenters. The highest BCUT2D eigenvalue weighted by Gasteiger charge is 2.48. The van der Waals surface area contributed by atoms with Crippen molar-refractivity contribution in [1.29, 1.82) is 0 Å². The fourth-order valence-corrected chi connectivity index (χ4v) is 3.39. The molecule has 1 aromatic heterocycles. The highest BCUT2D eigenvalue weighted by molar-refractivity contribution is 5.31. The Morgan fingerprint density at radius 3 is 2.50 bits per heavy atom. The maximum absolute atomic E-state index is 10.3. The van der Waals surface area contributed by atoms with Gasteiger partial charge < -0.3 is 19.8 Å². The summed E-state index contributed by atoms with van der Waals surface area (Å²) in [6.07, 6.45) is 6.00. The lowest BCUT2D eigenvalue weighted by molar-refractivity contribution is -0.216. The van der Waals surface area contributed by atoms with Crippen molar-refractivity contribution in [2.24, 2.45) is 0 Å². The van der Waals surface area contributed by atoms with Gasteiger partial charge in [-0.3, -0.25) is 0 Å². The third-order valence-electron chi connectivity index (χ3n) is 5.00. The van der Waals surface area contributed by atoms with E-state index in [9.17, 15) is 10.2 Å². The fourth-order valence-electron chi connectivity index (χ4n) is 3.39. The van der Waals surface area contributed by atoms with Gasteiger partial charge in [0, 0.05) is 31.9 Å². The van der Waals surface area contributed by atoms with Crippen LogP contribution in [0.15, 0.2) is 12.4 Å². The molecule has 2 fully saturated rings. The van der Waals surface area contributed by atoms with Crippen molar-refractivity contribution in [3.05, 3.63) is 18.0 Å². The van der Waals surface area contributed by atoms with Crippen molar-refractivity contribution < 1.29 is 14.9 Å². The molecule has 2 N–H and O–H groups in total. The van der Waals surface area contributed by atoms with Crippen LogP contribution < -0.4 is 4.90 Å². The lowest BCUT2D eigenvalue weighted by Crippen LogP contribution is -2.59. The van der Waals surface area contributed by atoms with Gasteiger partial charge in [0.15, 0.2) is 0 Å². The molecule has 0 amide bonds. The average molecular weight is 307 g/mol. The van der Waals surface area contributed by atoms with Gasteiger partial charge in [-0.05, 0) is 31.7 Å². The van der Waals surface area contributed by atoms with Crippen molar-refractivity contribution in [2.75, 3.05) is 24.6 Å². The molecule has 2 atom stereocenters. The molecule has 2 aliphatic heterocycles. The van der Waals surface area contributed by atoms with Crippen LogP contribution in [0, 0.1) is 0 Å². The third-order valence-corrected chi connectivity index (χ3v) is 5.00. The molecule has 22 heavy (non-hydrogen) atoms. The smallest absolute Gasteiger partial charge is 0.225 e.